The molecule has 0 N–H and O–H groups in total. The first-order valence-electron chi connectivity index (χ1n) is 9.78. The van der Waals surface area contributed by atoms with Crippen LogP contribution in [0.1, 0.15) is 17.5 Å². The van der Waals surface area contributed by atoms with Crippen molar-refractivity contribution >= 4 is 17.1 Å². The summed E-state index contributed by atoms with van der Waals surface area (Å²) in [5.41, 5.74) is 6.23. The zero-order valence-electron chi connectivity index (χ0n) is 15.9. The molecule has 0 bridgehead atoms. The van der Waals surface area contributed by atoms with Gasteiger partial charge in [-0.2, -0.15) is 0 Å². The van der Waals surface area contributed by atoms with Crippen LogP contribution in [0.15, 0.2) is 109 Å². The quantitative estimate of drug-likeness (QED) is 0.361. The van der Waals surface area contributed by atoms with Gasteiger partial charge in [-0.1, -0.05) is 48.5 Å². The molecule has 0 aliphatic carbocycles. The molecule has 0 aliphatic heterocycles. The lowest BCUT2D eigenvalue weighted by molar-refractivity contribution is 0.819. The van der Waals surface area contributed by atoms with Crippen LogP contribution in [0.4, 0.5) is 17.1 Å². The maximum atomic E-state index is 4.08. The summed E-state index contributed by atoms with van der Waals surface area (Å²) in [5.74, 6) is 0. The first-order valence-corrected chi connectivity index (χ1v) is 9.78. The van der Waals surface area contributed by atoms with E-state index in [4.69, 9.17) is 0 Å². The number of aryl methyl sites for hydroxylation is 2. The van der Waals surface area contributed by atoms with Gasteiger partial charge in [0.05, 0.1) is 0 Å². The number of hydrogen-bond acceptors (Lipinski definition) is 2. The van der Waals surface area contributed by atoms with Crippen LogP contribution in [0.3, 0.4) is 0 Å². The summed E-state index contributed by atoms with van der Waals surface area (Å²) in [5, 5.41) is 0. The van der Waals surface area contributed by atoms with Crippen LogP contribution in [0.2, 0.25) is 0 Å². The molecule has 0 atom stereocenters. The van der Waals surface area contributed by atoms with Crippen LogP contribution in [-0.4, -0.2) is 4.98 Å². The molecule has 0 saturated carbocycles. The van der Waals surface area contributed by atoms with Gasteiger partial charge < -0.3 is 4.90 Å². The third-order valence-corrected chi connectivity index (χ3v) is 4.90. The maximum Gasteiger partial charge on any atom is 0.0461 e. The molecule has 0 unspecified atom stereocenters. The van der Waals surface area contributed by atoms with Crippen molar-refractivity contribution in [2.24, 2.45) is 0 Å². The van der Waals surface area contributed by atoms with E-state index in [-0.39, 0.29) is 0 Å². The third-order valence-electron chi connectivity index (χ3n) is 4.90. The van der Waals surface area contributed by atoms with Gasteiger partial charge in [0, 0.05) is 29.5 Å². The minimum Gasteiger partial charge on any atom is -0.311 e. The molecule has 3 aromatic carbocycles. The molecular weight excluding hydrogens is 340 g/mol. The fourth-order valence-corrected chi connectivity index (χ4v) is 3.46. The van der Waals surface area contributed by atoms with Crippen LogP contribution in [0.5, 0.6) is 0 Å². The van der Waals surface area contributed by atoms with Crippen molar-refractivity contribution in [3.05, 3.63) is 121 Å². The second-order valence-corrected chi connectivity index (χ2v) is 6.88. The Morgan fingerprint density at radius 2 is 0.964 bits per heavy atom. The monoisotopic (exact) mass is 364 g/mol. The van der Waals surface area contributed by atoms with E-state index in [1.54, 1.807) is 0 Å². The lowest BCUT2D eigenvalue weighted by atomic mass is 10.0. The third kappa shape index (κ3) is 4.47. The number of nitrogens with zero attached hydrogens (tertiary/aromatic N) is 2. The number of aromatic nitrogens is 1. The van der Waals surface area contributed by atoms with E-state index >= 15 is 0 Å². The van der Waals surface area contributed by atoms with Gasteiger partial charge in [-0.25, -0.2) is 0 Å². The molecule has 1 aromatic heterocycles. The Morgan fingerprint density at radius 3 is 1.50 bits per heavy atom. The number of para-hydroxylation sites is 2. The van der Waals surface area contributed by atoms with Crippen molar-refractivity contribution in [3.63, 3.8) is 0 Å². The van der Waals surface area contributed by atoms with Crippen LogP contribution in [0.25, 0.3) is 0 Å². The Labute approximate surface area is 167 Å². The van der Waals surface area contributed by atoms with Crippen molar-refractivity contribution in [2.75, 3.05) is 4.90 Å². The standard InChI is InChI=1S/C26H24N2/c1-3-10-24(11-4-1)28(25-12-5-2-6-13-25)26-16-14-22(15-17-26)8-7-9-23-18-20-27-21-19-23/h1-6,10-21H,7-9H2. The minimum atomic E-state index is 1.08. The average molecular weight is 364 g/mol. The van der Waals surface area contributed by atoms with Gasteiger partial charge in [0.25, 0.3) is 0 Å². The highest BCUT2D eigenvalue weighted by Gasteiger charge is 2.11. The van der Waals surface area contributed by atoms with Gasteiger partial charge in [0.1, 0.15) is 0 Å². The first kappa shape index (κ1) is 18.0. The Bertz CT molecular complexity index is 926. The summed E-state index contributed by atoms with van der Waals surface area (Å²) < 4.78 is 0. The molecule has 0 fully saturated rings. The summed E-state index contributed by atoms with van der Waals surface area (Å²) in [6, 6.07) is 34.2. The second kappa shape index (κ2) is 9.01. The molecule has 4 aromatic rings. The molecule has 28 heavy (non-hydrogen) atoms. The smallest absolute Gasteiger partial charge is 0.0461 e. The van der Waals surface area contributed by atoms with E-state index in [9.17, 15) is 0 Å². The summed E-state index contributed by atoms with van der Waals surface area (Å²) >= 11 is 0. The predicted molar refractivity (Wildman–Crippen MR) is 117 cm³/mol. The maximum absolute atomic E-state index is 4.08. The lowest BCUT2D eigenvalue weighted by Gasteiger charge is -2.25. The zero-order valence-corrected chi connectivity index (χ0v) is 15.9. The minimum absolute atomic E-state index is 1.08. The van der Waals surface area contributed by atoms with E-state index < -0.39 is 0 Å². The number of rotatable bonds is 7. The molecule has 0 amide bonds. The topological polar surface area (TPSA) is 16.1 Å². The fraction of sp³-hybridized carbons (Fsp3) is 0.115. The number of anilines is 3. The van der Waals surface area contributed by atoms with Crippen molar-refractivity contribution in [1.29, 1.82) is 0 Å². The van der Waals surface area contributed by atoms with Crippen LogP contribution < -0.4 is 4.90 Å². The first-order chi connectivity index (χ1) is 13.9. The molecule has 138 valence electrons. The lowest BCUT2D eigenvalue weighted by Crippen LogP contribution is -2.09. The Balaban J connectivity index is 1.50. The summed E-state index contributed by atoms with van der Waals surface area (Å²) in [4.78, 5) is 6.38. The van der Waals surface area contributed by atoms with Crippen molar-refractivity contribution in [1.82, 2.24) is 4.98 Å². The Kier molecular flexibility index (Phi) is 5.79. The number of hydrogen-bond donors (Lipinski definition) is 0. The second-order valence-electron chi connectivity index (χ2n) is 6.88. The van der Waals surface area contributed by atoms with Crippen LogP contribution >= 0.6 is 0 Å². The largest absolute Gasteiger partial charge is 0.311 e. The van der Waals surface area contributed by atoms with Crippen LogP contribution in [0, 0.1) is 0 Å². The molecule has 1 heterocycles. The van der Waals surface area contributed by atoms with E-state index in [0.717, 1.165) is 19.3 Å². The van der Waals surface area contributed by atoms with E-state index in [1.807, 2.05) is 12.4 Å². The van der Waals surface area contributed by atoms with Gasteiger partial charge >= 0.3 is 0 Å². The fourth-order valence-electron chi connectivity index (χ4n) is 3.46. The van der Waals surface area contributed by atoms with Gasteiger partial charge in [0.15, 0.2) is 0 Å². The van der Waals surface area contributed by atoms with Crippen molar-refractivity contribution < 1.29 is 0 Å². The molecule has 2 heteroatoms. The van der Waals surface area contributed by atoms with E-state index in [2.05, 4.69) is 107 Å². The SMILES string of the molecule is c1ccc(N(c2ccccc2)c2ccc(CCCc3ccncc3)cc2)cc1. The highest BCUT2D eigenvalue weighted by atomic mass is 15.1. The van der Waals surface area contributed by atoms with Gasteiger partial charge in [-0.15, -0.1) is 0 Å². The molecule has 0 aliphatic rings. The predicted octanol–water partition coefficient (Wildman–Crippen LogP) is 6.73. The molecule has 0 spiro atoms. The van der Waals surface area contributed by atoms with E-state index in [1.165, 1.54) is 28.2 Å². The Hall–Kier alpha value is -3.39. The zero-order chi connectivity index (χ0) is 19.0. The number of benzene rings is 3. The normalized spacial score (nSPS) is 10.6. The van der Waals surface area contributed by atoms with Crippen molar-refractivity contribution in [2.45, 2.75) is 19.3 Å². The Morgan fingerprint density at radius 1 is 0.500 bits per heavy atom. The molecule has 2 nitrogen and oxygen atoms in total. The summed E-state index contributed by atoms with van der Waals surface area (Å²) in [6.07, 6.45) is 7.05. The molecule has 0 radical (unpaired) electrons. The molecular formula is C26H24N2. The van der Waals surface area contributed by atoms with Gasteiger partial charge in [0.2, 0.25) is 0 Å². The summed E-state index contributed by atoms with van der Waals surface area (Å²) in [6.45, 7) is 0. The molecule has 4 rings (SSSR count). The molecule has 0 saturated heterocycles. The van der Waals surface area contributed by atoms with Crippen molar-refractivity contribution in [3.8, 4) is 0 Å². The highest BCUT2D eigenvalue weighted by molar-refractivity contribution is 5.76. The van der Waals surface area contributed by atoms with Crippen LogP contribution in [-0.2, 0) is 12.8 Å². The van der Waals surface area contributed by atoms with Gasteiger partial charge in [-0.05, 0) is 78.9 Å². The summed E-state index contributed by atoms with van der Waals surface area (Å²) in [7, 11) is 0. The van der Waals surface area contributed by atoms with E-state index in [0.29, 0.717) is 0 Å². The van der Waals surface area contributed by atoms with Gasteiger partial charge in [-0.3, -0.25) is 4.98 Å². The highest BCUT2D eigenvalue weighted by Crippen LogP contribution is 2.34. The number of pyridine rings is 1. The average Bonchev–Trinajstić information content (AvgIpc) is 2.77.